The van der Waals surface area contributed by atoms with Crippen molar-refractivity contribution in [2.75, 3.05) is 0 Å². The molecule has 0 aliphatic carbocycles. The zero-order valence-electron chi connectivity index (χ0n) is 11.2. The molecule has 0 radical (unpaired) electrons. The number of aldehydes is 1. The van der Waals surface area contributed by atoms with Crippen molar-refractivity contribution in [2.24, 2.45) is 0 Å². The molecule has 0 amide bonds. The summed E-state index contributed by atoms with van der Waals surface area (Å²) in [6.45, 7) is 1.94. The Morgan fingerprint density at radius 2 is 2.15 bits per heavy atom. The molecule has 1 rings (SSSR count). The van der Waals surface area contributed by atoms with Gasteiger partial charge in [0.05, 0.1) is 10.5 Å². The summed E-state index contributed by atoms with van der Waals surface area (Å²) in [5, 5.41) is 10.8. The number of nitrogens with zero attached hydrogens (tertiary/aromatic N) is 1. The highest BCUT2D eigenvalue weighted by Gasteiger charge is 2.12. The van der Waals surface area contributed by atoms with Gasteiger partial charge in [0, 0.05) is 30.9 Å². The van der Waals surface area contributed by atoms with Gasteiger partial charge >= 0.3 is 0 Å². The number of benzene rings is 1. The van der Waals surface area contributed by atoms with Crippen LogP contribution < -0.4 is 0 Å². The fraction of sp³-hybridized carbons (Fsp3) is 0.333. The van der Waals surface area contributed by atoms with Crippen molar-refractivity contribution in [2.45, 2.75) is 32.6 Å². The first-order valence-electron chi connectivity index (χ1n) is 6.32. The molecule has 0 N–H and O–H groups in total. The zero-order chi connectivity index (χ0) is 15.0. The third kappa shape index (κ3) is 4.65. The molecule has 0 saturated carbocycles. The van der Waals surface area contributed by atoms with E-state index in [1.807, 2.05) is 6.92 Å². The Balaban J connectivity index is 2.74. The Bertz CT molecular complexity index is 581. The minimum atomic E-state index is -0.611. The fourth-order valence-electron chi connectivity index (χ4n) is 1.65. The molecular formula is C15H15NO4. The molecule has 0 aliphatic heterocycles. The summed E-state index contributed by atoms with van der Waals surface area (Å²) in [6.07, 6.45) is 2.66. The molecule has 0 aromatic heterocycles. The van der Waals surface area contributed by atoms with Crippen LogP contribution in [0.2, 0.25) is 0 Å². The highest BCUT2D eigenvalue weighted by Crippen LogP contribution is 2.18. The highest BCUT2D eigenvalue weighted by molar-refractivity contribution is 5.82. The summed E-state index contributed by atoms with van der Waals surface area (Å²) in [6, 6.07) is 4.19. The van der Waals surface area contributed by atoms with Crippen molar-refractivity contribution < 1.29 is 14.5 Å². The van der Waals surface area contributed by atoms with Crippen molar-refractivity contribution in [3.8, 4) is 11.8 Å². The molecular weight excluding hydrogens is 258 g/mol. The molecule has 0 fully saturated rings. The SMILES string of the molecule is CCCC(=O)CCC#Cc1ccc(C=O)c([N+](=O)[O-])c1. The summed E-state index contributed by atoms with van der Waals surface area (Å²) in [4.78, 5) is 32.1. The van der Waals surface area contributed by atoms with Crippen LogP contribution in [0.25, 0.3) is 0 Å². The second kappa shape index (κ2) is 7.85. The van der Waals surface area contributed by atoms with E-state index in [1.165, 1.54) is 12.1 Å². The third-order valence-electron chi connectivity index (χ3n) is 2.64. The predicted octanol–water partition coefficient (Wildman–Crippen LogP) is 2.91. The van der Waals surface area contributed by atoms with Gasteiger partial charge in [-0.3, -0.25) is 19.7 Å². The van der Waals surface area contributed by atoms with E-state index in [-0.39, 0.29) is 17.0 Å². The van der Waals surface area contributed by atoms with Crippen molar-refractivity contribution >= 4 is 17.8 Å². The molecule has 0 aliphatic rings. The zero-order valence-corrected chi connectivity index (χ0v) is 11.2. The Kier molecular flexibility index (Phi) is 6.11. The van der Waals surface area contributed by atoms with Crippen LogP contribution >= 0.6 is 0 Å². The van der Waals surface area contributed by atoms with Crippen LogP contribution in [0.15, 0.2) is 18.2 Å². The van der Waals surface area contributed by atoms with Crippen molar-refractivity contribution in [1.29, 1.82) is 0 Å². The normalized spacial score (nSPS) is 9.45. The molecule has 0 heterocycles. The molecule has 104 valence electrons. The van der Waals surface area contributed by atoms with Gasteiger partial charge in [0.1, 0.15) is 5.78 Å². The van der Waals surface area contributed by atoms with E-state index in [4.69, 9.17) is 0 Å². The number of carbonyl (C=O) groups excluding carboxylic acids is 2. The first kappa shape index (κ1) is 15.6. The molecule has 0 atom stereocenters. The van der Waals surface area contributed by atoms with E-state index >= 15 is 0 Å². The average Bonchev–Trinajstić information content (AvgIpc) is 2.43. The lowest BCUT2D eigenvalue weighted by Gasteiger charge is -1.96. The number of ketones is 1. The van der Waals surface area contributed by atoms with Crippen molar-refractivity contribution in [1.82, 2.24) is 0 Å². The quantitative estimate of drug-likeness (QED) is 0.345. The maximum Gasteiger partial charge on any atom is 0.281 e. The van der Waals surface area contributed by atoms with Crippen LogP contribution in [0.5, 0.6) is 0 Å². The molecule has 0 spiro atoms. The second-order valence-electron chi connectivity index (χ2n) is 4.24. The first-order valence-corrected chi connectivity index (χ1v) is 6.32. The van der Waals surface area contributed by atoms with Crippen LogP contribution in [-0.4, -0.2) is 17.0 Å². The Labute approximate surface area is 117 Å². The van der Waals surface area contributed by atoms with Gasteiger partial charge in [-0.25, -0.2) is 0 Å². The van der Waals surface area contributed by atoms with Gasteiger partial charge in [-0.1, -0.05) is 18.8 Å². The summed E-state index contributed by atoms with van der Waals surface area (Å²) in [5.41, 5.74) is 0.234. The van der Waals surface area contributed by atoms with Crippen LogP contribution in [0.3, 0.4) is 0 Å². The number of nitro groups is 1. The lowest BCUT2D eigenvalue weighted by atomic mass is 10.1. The lowest BCUT2D eigenvalue weighted by molar-refractivity contribution is -0.385. The maximum atomic E-state index is 11.3. The van der Waals surface area contributed by atoms with Gasteiger partial charge in [-0.2, -0.15) is 0 Å². The largest absolute Gasteiger partial charge is 0.300 e. The minimum absolute atomic E-state index is 0.0265. The highest BCUT2D eigenvalue weighted by atomic mass is 16.6. The van der Waals surface area contributed by atoms with Gasteiger partial charge in [0.15, 0.2) is 6.29 Å². The van der Waals surface area contributed by atoms with Gasteiger partial charge < -0.3 is 0 Å². The Hall–Kier alpha value is -2.48. The van der Waals surface area contributed by atoms with Crippen LogP contribution in [0.1, 0.15) is 48.5 Å². The summed E-state index contributed by atoms with van der Waals surface area (Å²) >= 11 is 0. The fourth-order valence-corrected chi connectivity index (χ4v) is 1.65. The van der Waals surface area contributed by atoms with Crippen LogP contribution in [0.4, 0.5) is 5.69 Å². The number of rotatable bonds is 6. The molecule has 5 nitrogen and oxygen atoms in total. The molecule has 0 bridgehead atoms. The van der Waals surface area contributed by atoms with Crippen LogP contribution in [-0.2, 0) is 4.79 Å². The third-order valence-corrected chi connectivity index (χ3v) is 2.64. The number of carbonyl (C=O) groups is 2. The lowest BCUT2D eigenvalue weighted by Crippen LogP contribution is -1.95. The maximum absolute atomic E-state index is 11.3. The van der Waals surface area contributed by atoms with E-state index in [1.54, 1.807) is 6.07 Å². The molecule has 0 saturated heterocycles. The van der Waals surface area contributed by atoms with E-state index in [0.717, 1.165) is 6.42 Å². The molecule has 1 aromatic rings. The van der Waals surface area contributed by atoms with Gasteiger partial charge in [0.25, 0.3) is 5.69 Å². The molecule has 1 aromatic carbocycles. The average molecular weight is 273 g/mol. The number of hydrogen-bond acceptors (Lipinski definition) is 4. The molecule has 20 heavy (non-hydrogen) atoms. The standard InChI is InChI=1S/C15H15NO4/c1-2-5-14(18)7-4-3-6-12-8-9-13(11-17)15(10-12)16(19)20/h8-11H,2,4-5,7H2,1H3. The monoisotopic (exact) mass is 273 g/mol. The van der Waals surface area contributed by atoms with Gasteiger partial charge in [-0.15, -0.1) is 0 Å². The van der Waals surface area contributed by atoms with Crippen LogP contribution in [0, 0.1) is 22.0 Å². The number of nitro benzene ring substituents is 1. The van der Waals surface area contributed by atoms with E-state index < -0.39 is 4.92 Å². The van der Waals surface area contributed by atoms with E-state index in [2.05, 4.69) is 11.8 Å². The number of hydrogen-bond donors (Lipinski definition) is 0. The number of Topliss-reactive ketones (excluding diaryl/α,β-unsaturated/α-hetero) is 1. The van der Waals surface area contributed by atoms with E-state index in [9.17, 15) is 19.7 Å². The minimum Gasteiger partial charge on any atom is -0.300 e. The molecule has 0 unspecified atom stereocenters. The summed E-state index contributed by atoms with van der Waals surface area (Å²) in [5.74, 6) is 5.75. The smallest absolute Gasteiger partial charge is 0.281 e. The topological polar surface area (TPSA) is 77.3 Å². The van der Waals surface area contributed by atoms with Gasteiger partial charge in [-0.05, 0) is 18.6 Å². The van der Waals surface area contributed by atoms with Gasteiger partial charge in [0.2, 0.25) is 0 Å². The Morgan fingerprint density at radius 1 is 1.40 bits per heavy atom. The predicted molar refractivity (Wildman–Crippen MR) is 74.5 cm³/mol. The summed E-state index contributed by atoms with van der Waals surface area (Å²) in [7, 11) is 0. The van der Waals surface area contributed by atoms with E-state index in [0.29, 0.717) is 31.1 Å². The Morgan fingerprint density at radius 3 is 2.75 bits per heavy atom. The molecule has 5 heteroatoms. The second-order valence-corrected chi connectivity index (χ2v) is 4.24. The summed E-state index contributed by atoms with van der Waals surface area (Å²) < 4.78 is 0. The van der Waals surface area contributed by atoms with Crippen molar-refractivity contribution in [3.63, 3.8) is 0 Å². The van der Waals surface area contributed by atoms with Crippen molar-refractivity contribution in [3.05, 3.63) is 39.4 Å². The first-order chi connectivity index (χ1) is 9.58.